The molecule has 5 heteroatoms. The van der Waals surface area contributed by atoms with E-state index in [1.807, 2.05) is 0 Å². The van der Waals surface area contributed by atoms with Crippen LogP contribution in [0.5, 0.6) is 11.5 Å². The summed E-state index contributed by atoms with van der Waals surface area (Å²) in [5.74, 6) is 6.65. The molecule has 1 aromatic rings. The topological polar surface area (TPSA) is 57.0 Å². The van der Waals surface area contributed by atoms with Gasteiger partial charge in [-0.05, 0) is 29.7 Å². The minimum Gasteiger partial charge on any atom is -0.493 e. The van der Waals surface area contributed by atoms with Gasteiger partial charge < -0.3 is 14.3 Å². The second-order valence-corrected chi connectivity index (χ2v) is 4.37. The van der Waals surface area contributed by atoms with Crippen LogP contribution in [0.4, 0.5) is 0 Å². The quantitative estimate of drug-likeness (QED) is 0.791. The van der Waals surface area contributed by atoms with Crippen molar-refractivity contribution in [2.45, 2.75) is 13.0 Å². The van der Waals surface area contributed by atoms with Gasteiger partial charge in [0, 0.05) is 19.6 Å². The molecule has 0 spiro atoms. The van der Waals surface area contributed by atoms with Crippen LogP contribution in [0.2, 0.25) is 0 Å². The lowest BCUT2D eigenvalue weighted by Crippen LogP contribution is -2.33. The number of rotatable bonds is 5. The van der Waals surface area contributed by atoms with Crippen molar-refractivity contribution in [3.05, 3.63) is 23.3 Å². The smallest absolute Gasteiger partial charge is 0.161 e. The normalized spacial score (nSPS) is 15.3. The van der Waals surface area contributed by atoms with Crippen molar-refractivity contribution < 1.29 is 14.3 Å². The molecule has 0 fully saturated rings. The van der Waals surface area contributed by atoms with Crippen molar-refractivity contribution in [2.75, 3.05) is 33.9 Å². The zero-order valence-corrected chi connectivity index (χ0v) is 10.9. The summed E-state index contributed by atoms with van der Waals surface area (Å²) in [5, 5.41) is 0. The number of methoxy groups -OCH3 is 2. The second kappa shape index (κ2) is 6.04. The van der Waals surface area contributed by atoms with Crippen LogP contribution in [0.15, 0.2) is 12.1 Å². The maximum atomic E-state index is 5.33. The van der Waals surface area contributed by atoms with Crippen molar-refractivity contribution in [1.82, 2.24) is 4.90 Å². The molecule has 0 atom stereocenters. The summed E-state index contributed by atoms with van der Waals surface area (Å²) < 4.78 is 10.6. The van der Waals surface area contributed by atoms with E-state index < -0.39 is 0 Å². The SMILES string of the molecule is COc1cc2c(cc1OC)CN(CCON)CC2. The van der Waals surface area contributed by atoms with Crippen LogP contribution in [-0.4, -0.2) is 38.8 Å². The van der Waals surface area contributed by atoms with Gasteiger partial charge in [0.1, 0.15) is 0 Å². The molecule has 0 bridgehead atoms. The number of nitrogens with zero attached hydrogens (tertiary/aromatic N) is 1. The number of hydrogen-bond donors (Lipinski definition) is 1. The monoisotopic (exact) mass is 252 g/mol. The molecule has 0 radical (unpaired) electrons. The molecule has 0 amide bonds. The lowest BCUT2D eigenvalue weighted by Gasteiger charge is -2.29. The van der Waals surface area contributed by atoms with Gasteiger partial charge in [-0.15, -0.1) is 0 Å². The Morgan fingerprint density at radius 1 is 1.17 bits per heavy atom. The van der Waals surface area contributed by atoms with Crippen molar-refractivity contribution in [3.8, 4) is 11.5 Å². The Morgan fingerprint density at radius 3 is 2.44 bits per heavy atom. The summed E-state index contributed by atoms with van der Waals surface area (Å²) in [6.45, 7) is 3.33. The molecule has 2 rings (SSSR count). The van der Waals surface area contributed by atoms with E-state index >= 15 is 0 Å². The number of fused-ring (bicyclic) bond motifs is 1. The van der Waals surface area contributed by atoms with Crippen LogP contribution in [0.25, 0.3) is 0 Å². The van der Waals surface area contributed by atoms with Crippen LogP contribution >= 0.6 is 0 Å². The van der Waals surface area contributed by atoms with Crippen molar-refractivity contribution in [3.63, 3.8) is 0 Å². The first-order chi connectivity index (χ1) is 8.78. The van der Waals surface area contributed by atoms with Gasteiger partial charge in [0.2, 0.25) is 0 Å². The lowest BCUT2D eigenvalue weighted by atomic mass is 9.99. The van der Waals surface area contributed by atoms with E-state index in [0.717, 1.165) is 37.6 Å². The Balaban J connectivity index is 2.16. The molecule has 0 aromatic heterocycles. The van der Waals surface area contributed by atoms with Crippen LogP contribution in [0, 0.1) is 0 Å². The van der Waals surface area contributed by atoms with Gasteiger partial charge in [-0.1, -0.05) is 0 Å². The third kappa shape index (κ3) is 2.75. The molecule has 1 aromatic carbocycles. The lowest BCUT2D eigenvalue weighted by molar-refractivity contribution is 0.101. The largest absolute Gasteiger partial charge is 0.493 e. The molecule has 5 nitrogen and oxygen atoms in total. The predicted molar refractivity (Wildman–Crippen MR) is 68.7 cm³/mol. The first-order valence-electron chi connectivity index (χ1n) is 6.06. The van der Waals surface area contributed by atoms with Crippen LogP contribution in [0.1, 0.15) is 11.1 Å². The van der Waals surface area contributed by atoms with E-state index in [4.69, 9.17) is 15.4 Å². The molecule has 1 heterocycles. The highest BCUT2D eigenvalue weighted by atomic mass is 16.6. The van der Waals surface area contributed by atoms with E-state index in [1.165, 1.54) is 11.1 Å². The Labute approximate surface area is 107 Å². The van der Waals surface area contributed by atoms with Gasteiger partial charge in [0.15, 0.2) is 11.5 Å². The maximum absolute atomic E-state index is 5.33. The number of ether oxygens (including phenoxy) is 2. The summed E-state index contributed by atoms with van der Waals surface area (Å²) in [7, 11) is 3.32. The maximum Gasteiger partial charge on any atom is 0.161 e. The third-order valence-corrected chi connectivity index (χ3v) is 3.32. The average Bonchev–Trinajstić information content (AvgIpc) is 2.43. The fourth-order valence-corrected chi connectivity index (χ4v) is 2.31. The highest BCUT2D eigenvalue weighted by Gasteiger charge is 2.18. The van der Waals surface area contributed by atoms with Crippen LogP contribution in [-0.2, 0) is 17.8 Å². The number of benzene rings is 1. The van der Waals surface area contributed by atoms with Crippen molar-refractivity contribution >= 4 is 0 Å². The second-order valence-electron chi connectivity index (χ2n) is 4.37. The molecular formula is C13H20N2O3. The fraction of sp³-hybridized carbons (Fsp3) is 0.538. The molecule has 2 N–H and O–H groups in total. The van der Waals surface area contributed by atoms with Gasteiger partial charge in [0.05, 0.1) is 20.8 Å². The first kappa shape index (κ1) is 13.1. The van der Waals surface area contributed by atoms with Gasteiger partial charge in [-0.2, -0.15) is 0 Å². The highest BCUT2D eigenvalue weighted by molar-refractivity contribution is 5.48. The Hall–Kier alpha value is -1.30. The van der Waals surface area contributed by atoms with Crippen molar-refractivity contribution in [2.24, 2.45) is 5.90 Å². The van der Waals surface area contributed by atoms with Gasteiger partial charge in [0.25, 0.3) is 0 Å². The Kier molecular flexibility index (Phi) is 4.41. The fourth-order valence-electron chi connectivity index (χ4n) is 2.31. The van der Waals surface area contributed by atoms with E-state index in [-0.39, 0.29) is 0 Å². The van der Waals surface area contributed by atoms with E-state index in [9.17, 15) is 0 Å². The molecule has 18 heavy (non-hydrogen) atoms. The summed E-state index contributed by atoms with van der Waals surface area (Å²) in [5.41, 5.74) is 2.62. The predicted octanol–water partition coefficient (Wildman–Crippen LogP) is 0.952. The van der Waals surface area contributed by atoms with Crippen molar-refractivity contribution in [1.29, 1.82) is 0 Å². The number of nitrogens with two attached hydrogens (primary N) is 1. The third-order valence-electron chi connectivity index (χ3n) is 3.32. The Bertz CT molecular complexity index is 409. The molecule has 0 aliphatic carbocycles. The number of hydrogen-bond acceptors (Lipinski definition) is 5. The summed E-state index contributed by atoms with van der Waals surface area (Å²) >= 11 is 0. The van der Waals surface area contributed by atoms with Gasteiger partial charge in [-0.25, -0.2) is 5.90 Å². The standard InChI is InChI=1S/C13H20N2O3/c1-16-12-7-10-3-4-15(5-6-18-14)9-11(10)8-13(12)17-2/h7-8H,3-6,9,14H2,1-2H3. The molecule has 1 aliphatic rings. The molecular weight excluding hydrogens is 232 g/mol. The first-order valence-corrected chi connectivity index (χ1v) is 6.06. The Morgan fingerprint density at radius 2 is 1.83 bits per heavy atom. The zero-order valence-electron chi connectivity index (χ0n) is 10.9. The van der Waals surface area contributed by atoms with Gasteiger partial charge >= 0.3 is 0 Å². The van der Waals surface area contributed by atoms with Crippen LogP contribution in [0.3, 0.4) is 0 Å². The van der Waals surface area contributed by atoms with E-state index in [2.05, 4.69) is 21.9 Å². The molecule has 1 aliphatic heterocycles. The molecule has 0 saturated heterocycles. The minimum absolute atomic E-state index is 0.558. The molecule has 0 saturated carbocycles. The zero-order chi connectivity index (χ0) is 13.0. The summed E-state index contributed by atoms with van der Waals surface area (Å²) in [4.78, 5) is 6.95. The van der Waals surface area contributed by atoms with E-state index in [1.54, 1.807) is 14.2 Å². The highest BCUT2D eigenvalue weighted by Crippen LogP contribution is 2.33. The molecule has 0 unspecified atom stereocenters. The minimum atomic E-state index is 0.558. The summed E-state index contributed by atoms with van der Waals surface area (Å²) in [6.07, 6.45) is 1.01. The average molecular weight is 252 g/mol. The molecule has 100 valence electrons. The summed E-state index contributed by atoms with van der Waals surface area (Å²) in [6, 6.07) is 4.13. The van der Waals surface area contributed by atoms with Gasteiger partial charge in [-0.3, -0.25) is 4.90 Å². The van der Waals surface area contributed by atoms with Crippen LogP contribution < -0.4 is 15.4 Å². The van der Waals surface area contributed by atoms with E-state index in [0.29, 0.717) is 6.61 Å².